The zero-order valence-electron chi connectivity index (χ0n) is 19.0. The molecule has 0 spiro atoms. The number of hydrogen-bond acceptors (Lipinski definition) is 6. The summed E-state index contributed by atoms with van der Waals surface area (Å²) in [6, 6.07) is 6.28. The number of carbonyl (C=O) groups excluding carboxylic acids is 1. The fraction of sp³-hybridized carbons (Fsp3) is 0.273. The Morgan fingerprint density at radius 1 is 1.17 bits per heavy atom. The summed E-state index contributed by atoms with van der Waals surface area (Å²) in [5.41, 5.74) is -0.443. The summed E-state index contributed by atoms with van der Waals surface area (Å²) in [7, 11) is 0. The molecule has 1 aromatic carbocycles. The SMILES string of the molecule is CC(C)(O)Cn1c(NC(=O)c2ccc(-c3cn[nH]c3)s2)nc2cc3[nH]c(=O)n(CC(F)(F)F)c3cc21. The maximum absolute atomic E-state index is 13.1. The number of amides is 1. The summed E-state index contributed by atoms with van der Waals surface area (Å²) in [4.78, 5) is 33.3. The average Bonchev–Trinajstić information content (AvgIpc) is 3.54. The quantitative estimate of drug-likeness (QED) is 0.271. The highest BCUT2D eigenvalue weighted by Crippen LogP contribution is 2.30. The monoisotopic (exact) mass is 519 g/mol. The Balaban J connectivity index is 1.57. The number of alkyl halides is 3. The van der Waals surface area contributed by atoms with Gasteiger partial charge in [-0.1, -0.05) is 0 Å². The van der Waals surface area contributed by atoms with E-state index in [4.69, 9.17) is 0 Å². The Morgan fingerprint density at radius 2 is 1.94 bits per heavy atom. The standard InChI is InChI=1S/C22H20F3N7O3S/c1-21(2,35)9-31-14-6-15-13(29-20(34)32(15)10-22(23,24)25)5-12(14)28-19(31)30-18(33)17-4-3-16(36-17)11-7-26-27-8-11/h3-8,35H,9-10H2,1-2H3,(H,26,27)(H,29,34)(H,28,30,33). The minimum atomic E-state index is -4.60. The first-order valence-electron chi connectivity index (χ1n) is 10.7. The van der Waals surface area contributed by atoms with Crippen molar-refractivity contribution in [3.8, 4) is 10.4 Å². The summed E-state index contributed by atoms with van der Waals surface area (Å²) in [6.07, 6.45) is -1.26. The maximum Gasteiger partial charge on any atom is 0.406 e. The summed E-state index contributed by atoms with van der Waals surface area (Å²) in [6.45, 7) is 1.62. The van der Waals surface area contributed by atoms with Crippen molar-refractivity contribution in [2.75, 3.05) is 5.32 Å². The molecule has 4 heterocycles. The third-order valence-electron chi connectivity index (χ3n) is 5.36. The van der Waals surface area contributed by atoms with Gasteiger partial charge in [0.1, 0.15) is 6.54 Å². The Bertz CT molecular complexity index is 1640. The topological polar surface area (TPSA) is 134 Å². The van der Waals surface area contributed by atoms with E-state index < -0.39 is 29.9 Å². The second kappa shape index (κ2) is 8.34. The summed E-state index contributed by atoms with van der Waals surface area (Å²) < 4.78 is 41.3. The van der Waals surface area contributed by atoms with Gasteiger partial charge in [-0.25, -0.2) is 9.78 Å². The highest BCUT2D eigenvalue weighted by atomic mass is 32.1. The van der Waals surface area contributed by atoms with Crippen LogP contribution in [0.4, 0.5) is 19.1 Å². The van der Waals surface area contributed by atoms with E-state index in [0.29, 0.717) is 20.5 Å². The Hall–Kier alpha value is -3.91. The van der Waals surface area contributed by atoms with Crippen LogP contribution in [0.25, 0.3) is 32.5 Å². The van der Waals surface area contributed by atoms with Gasteiger partial charge < -0.3 is 14.7 Å². The van der Waals surface area contributed by atoms with Crippen molar-refractivity contribution >= 4 is 45.3 Å². The van der Waals surface area contributed by atoms with Crippen LogP contribution in [-0.2, 0) is 13.1 Å². The van der Waals surface area contributed by atoms with Crippen LogP contribution in [-0.4, -0.2) is 52.1 Å². The van der Waals surface area contributed by atoms with E-state index in [9.17, 15) is 27.9 Å². The number of hydrogen-bond donors (Lipinski definition) is 4. The van der Waals surface area contributed by atoms with Crippen molar-refractivity contribution in [1.29, 1.82) is 0 Å². The molecule has 0 bridgehead atoms. The van der Waals surface area contributed by atoms with Gasteiger partial charge in [-0.05, 0) is 38.1 Å². The molecule has 36 heavy (non-hydrogen) atoms. The van der Waals surface area contributed by atoms with Crippen molar-refractivity contribution in [2.45, 2.75) is 38.7 Å². The lowest BCUT2D eigenvalue weighted by Crippen LogP contribution is -2.27. The minimum absolute atomic E-state index is 0.0245. The predicted octanol–water partition coefficient (Wildman–Crippen LogP) is 3.72. The van der Waals surface area contributed by atoms with Gasteiger partial charge in [0.25, 0.3) is 5.91 Å². The molecule has 0 aliphatic rings. The molecule has 0 atom stereocenters. The minimum Gasteiger partial charge on any atom is -0.389 e. The number of imidazole rings is 2. The molecule has 5 rings (SSSR count). The highest BCUT2D eigenvalue weighted by molar-refractivity contribution is 7.17. The van der Waals surface area contributed by atoms with Crippen LogP contribution in [0.2, 0.25) is 0 Å². The lowest BCUT2D eigenvalue weighted by molar-refractivity contribution is -0.140. The van der Waals surface area contributed by atoms with Gasteiger partial charge in [0.05, 0.1) is 45.3 Å². The zero-order chi connectivity index (χ0) is 25.8. The van der Waals surface area contributed by atoms with Crippen LogP contribution in [0.15, 0.2) is 41.5 Å². The predicted molar refractivity (Wildman–Crippen MR) is 128 cm³/mol. The van der Waals surface area contributed by atoms with Crippen LogP contribution < -0.4 is 11.0 Å². The fourth-order valence-electron chi connectivity index (χ4n) is 3.92. The van der Waals surface area contributed by atoms with Crippen LogP contribution in [0.5, 0.6) is 0 Å². The maximum atomic E-state index is 13.1. The van der Waals surface area contributed by atoms with E-state index in [2.05, 4.69) is 25.5 Å². The number of nitrogens with one attached hydrogen (secondary N) is 3. The number of anilines is 1. The first-order chi connectivity index (χ1) is 16.9. The van der Waals surface area contributed by atoms with Crippen LogP contribution in [0.1, 0.15) is 23.5 Å². The Labute approximate surface area is 204 Å². The van der Waals surface area contributed by atoms with Crippen molar-refractivity contribution < 1.29 is 23.1 Å². The number of aromatic amines is 2. The number of rotatable bonds is 6. The molecule has 5 aromatic rings. The third-order valence-corrected chi connectivity index (χ3v) is 6.50. The highest BCUT2D eigenvalue weighted by Gasteiger charge is 2.30. The molecule has 0 fully saturated rings. The molecule has 4 N–H and O–H groups in total. The van der Waals surface area contributed by atoms with Crippen molar-refractivity contribution in [3.63, 3.8) is 0 Å². The van der Waals surface area contributed by atoms with Crippen molar-refractivity contribution in [2.24, 2.45) is 0 Å². The molecule has 0 unspecified atom stereocenters. The second-order valence-electron chi connectivity index (χ2n) is 8.93. The smallest absolute Gasteiger partial charge is 0.389 e. The fourth-order valence-corrected chi connectivity index (χ4v) is 4.80. The Kier molecular flexibility index (Phi) is 5.52. The van der Waals surface area contributed by atoms with Crippen LogP contribution in [0.3, 0.4) is 0 Å². The number of aliphatic hydroxyl groups is 1. The number of benzene rings is 1. The van der Waals surface area contributed by atoms with E-state index in [1.807, 2.05) is 0 Å². The van der Waals surface area contributed by atoms with Gasteiger partial charge in [-0.2, -0.15) is 18.3 Å². The third kappa shape index (κ3) is 4.64. The van der Waals surface area contributed by atoms with Crippen molar-refractivity contribution in [1.82, 2.24) is 29.3 Å². The molecule has 10 nitrogen and oxygen atoms in total. The van der Waals surface area contributed by atoms with E-state index in [0.717, 1.165) is 10.4 Å². The molecule has 0 saturated carbocycles. The molecule has 14 heteroatoms. The van der Waals surface area contributed by atoms with E-state index in [1.54, 1.807) is 38.4 Å². The summed E-state index contributed by atoms with van der Waals surface area (Å²) >= 11 is 1.25. The van der Waals surface area contributed by atoms with Crippen molar-refractivity contribution in [3.05, 3.63) is 52.0 Å². The number of carbonyl (C=O) groups is 1. The van der Waals surface area contributed by atoms with Crippen LogP contribution >= 0.6 is 11.3 Å². The first kappa shape index (κ1) is 23.8. The summed E-state index contributed by atoms with van der Waals surface area (Å²) in [5.74, 6) is -0.339. The van der Waals surface area contributed by atoms with Crippen LogP contribution in [0, 0.1) is 0 Å². The molecule has 0 saturated heterocycles. The molecular weight excluding hydrogens is 499 g/mol. The number of aromatic nitrogens is 6. The number of H-pyrrole nitrogens is 2. The lowest BCUT2D eigenvalue weighted by atomic mass is 10.1. The van der Waals surface area contributed by atoms with Gasteiger partial charge in [-0.3, -0.25) is 19.8 Å². The zero-order valence-corrected chi connectivity index (χ0v) is 19.8. The number of nitrogens with zero attached hydrogens (tertiary/aromatic N) is 4. The molecule has 1 amide bonds. The van der Waals surface area contributed by atoms with Gasteiger partial charge in [0.15, 0.2) is 0 Å². The average molecular weight is 520 g/mol. The second-order valence-corrected chi connectivity index (χ2v) is 10.0. The Morgan fingerprint density at radius 3 is 2.61 bits per heavy atom. The largest absolute Gasteiger partial charge is 0.406 e. The van der Waals surface area contributed by atoms with Gasteiger partial charge in [0, 0.05) is 16.6 Å². The van der Waals surface area contributed by atoms with Gasteiger partial charge in [0.2, 0.25) is 5.95 Å². The number of halogens is 3. The molecule has 0 aliphatic carbocycles. The number of fused-ring (bicyclic) bond motifs is 2. The van der Waals surface area contributed by atoms with E-state index in [-0.39, 0.29) is 23.5 Å². The molecule has 188 valence electrons. The molecule has 4 aromatic heterocycles. The normalized spacial score (nSPS) is 12.6. The van der Waals surface area contributed by atoms with Gasteiger partial charge in [-0.15, -0.1) is 11.3 Å². The first-order valence-corrected chi connectivity index (χ1v) is 11.5. The summed E-state index contributed by atoms with van der Waals surface area (Å²) in [5, 5.41) is 19.8. The molecule has 0 radical (unpaired) electrons. The molecule has 0 aliphatic heterocycles. The van der Waals surface area contributed by atoms with Gasteiger partial charge >= 0.3 is 11.9 Å². The lowest BCUT2D eigenvalue weighted by Gasteiger charge is -2.20. The number of thiophene rings is 1. The molecular formula is C22H20F3N7O3S. The van der Waals surface area contributed by atoms with E-state index in [1.165, 1.54) is 28.0 Å². The van der Waals surface area contributed by atoms with E-state index >= 15 is 0 Å².